The Morgan fingerprint density at radius 3 is 2.32 bits per heavy atom. The van der Waals surface area contributed by atoms with Crippen molar-refractivity contribution in [3.63, 3.8) is 0 Å². The van der Waals surface area contributed by atoms with Gasteiger partial charge < -0.3 is 5.73 Å². The summed E-state index contributed by atoms with van der Waals surface area (Å²) in [4.78, 5) is 0. The number of hydrogen-bond acceptors (Lipinski definition) is 2. The summed E-state index contributed by atoms with van der Waals surface area (Å²) in [6.45, 7) is 2.11. The Morgan fingerprint density at radius 2 is 1.84 bits per heavy atom. The molecular formula is C16H25N3. The molecular weight excluding hydrogens is 234 g/mol. The SMILES string of the molecule is Cc1[nH]ncc1CC(N)C12CC3CC(CC(C3)C1)C2. The van der Waals surface area contributed by atoms with Gasteiger partial charge in [-0.2, -0.15) is 5.10 Å². The Hall–Kier alpha value is -0.830. The largest absolute Gasteiger partial charge is 0.327 e. The highest BCUT2D eigenvalue weighted by Crippen LogP contribution is 2.61. The highest BCUT2D eigenvalue weighted by atomic mass is 15.1. The number of nitrogens with one attached hydrogen (secondary N) is 1. The maximum Gasteiger partial charge on any atom is 0.0522 e. The minimum atomic E-state index is 0.331. The van der Waals surface area contributed by atoms with Crippen LogP contribution >= 0.6 is 0 Å². The van der Waals surface area contributed by atoms with Gasteiger partial charge in [-0.25, -0.2) is 0 Å². The van der Waals surface area contributed by atoms with Gasteiger partial charge >= 0.3 is 0 Å². The van der Waals surface area contributed by atoms with Gasteiger partial charge in [-0.05, 0) is 80.6 Å². The molecule has 1 unspecified atom stereocenters. The predicted molar refractivity (Wildman–Crippen MR) is 75.6 cm³/mol. The van der Waals surface area contributed by atoms with Gasteiger partial charge in [0.15, 0.2) is 0 Å². The van der Waals surface area contributed by atoms with E-state index in [1.807, 2.05) is 6.20 Å². The van der Waals surface area contributed by atoms with Crippen LogP contribution in [0.5, 0.6) is 0 Å². The highest BCUT2D eigenvalue weighted by molar-refractivity contribution is 5.18. The van der Waals surface area contributed by atoms with Crippen LogP contribution < -0.4 is 5.73 Å². The lowest BCUT2D eigenvalue weighted by molar-refractivity contribution is -0.0667. The number of aryl methyl sites for hydroxylation is 1. The molecule has 4 aliphatic rings. The van der Waals surface area contributed by atoms with Gasteiger partial charge in [0.1, 0.15) is 0 Å². The fourth-order valence-corrected chi connectivity index (χ4v) is 5.67. The minimum absolute atomic E-state index is 0.331. The lowest BCUT2D eigenvalue weighted by atomic mass is 9.47. The summed E-state index contributed by atoms with van der Waals surface area (Å²) in [6.07, 6.45) is 11.7. The van der Waals surface area contributed by atoms with Gasteiger partial charge in [-0.15, -0.1) is 0 Å². The Balaban J connectivity index is 1.56. The van der Waals surface area contributed by atoms with Gasteiger partial charge in [-0.1, -0.05) is 0 Å². The second-order valence-corrected chi connectivity index (χ2v) is 7.61. The van der Waals surface area contributed by atoms with Crippen molar-refractivity contribution in [2.24, 2.45) is 28.9 Å². The third kappa shape index (κ3) is 1.85. The van der Waals surface area contributed by atoms with Crippen LogP contribution in [0.1, 0.15) is 49.8 Å². The van der Waals surface area contributed by atoms with Crippen LogP contribution in [0.3, 0.4) is 0 Å². The molecule has 104 valence electrons. The molecule has 3 N–H and O–H groups in total. The van der Waals surface area contributed by atoms with Gasteiger partial charge in [0.25, 0.3) is 0 Å². The van der Waals surface area contributed by atoms with E-state index in [0.717, 1.165) is 24.2 Å². The fraction of sp³-hybridized carbons (Fsp3) is 0.812. The van der Waals surface area contributed by atoms with Crippen molar-refractivity contribution in [3.05, 3.63) is 17.5 Å². The molecule has 4 saturated carbocycles. The monoisotopic (exact) mass is 259 g/mol. The normalized spacial score (nSPS) is 41.7. The molecule has 0 amide bonds. The van der Waals surface area contributed by atoms with Crippen molar-refractivity contribution in [1.82, 2.24) is 10.2 Å². The molecule has 4 aliphatic carbocycles. The number of nitrogens with two attached hydrogens (primary N) is 1. The van der Waals surface area contributed by atoms with Crippen LogP contribution in [0.4, 0.5) is 0 Å². The summed E-state index contributed by atoms with van der Waals surface area (Å²) in [5.74, 6) is 2.97. The first-order valence-corrected chi connectivity index (χ1v) is 7.89. The lowest BCUT2D eigenvalue weighted by Crippen LogP contribution is -2.55. The Bertz CT molecular complexity index is 441. The zero-order valence-electron chi connectivity index (χ0n) is 11.9. The van der Waals surface area contributed by atoms with Gasteiger partial charge in [0.05, 0.1) is 6.20 Å². The summed E-state index contributed by atoms with van der Waals surface area (Å²) >= 11 is 0. The Labute approximate surface area is 115 Å². The third-order valence-corrected chi connectivity index (χ3v) is 6.25. The van der Waals surface area contributed by atoms with E-state index in [2.05, 4.69) is 17.1 Å². The van der Waals surface area contributed by atoms with Gasteiger partial charge in [0, 0.05) is 11.7 Å². The lowest BCUT2D eigenvalue weighted by Gasteiger charge is -2.59. The van der Waals surface area contributed by atoms with Crippen molar-refractivity contribution < 1.29 is 0 Å². The summed E-state index contributed by atoms with van der Waals surface area (Å²) in [7, 11) is 0. The average molecular weight is 259 g/mol. The molecule has 0 saturated heterocycles. The van der Waals surface area contributed by atoms with Crippen LogP contribution in [0.25, 0.3) is 0 Å². The van der Waals surface area contributed by atoms with Crippen molar-refractivity contribution in [2.45, 2.75) is 57.9 Å². The van der Waals surface area contributed by atoms with Crippen LogP contribution in [-0.4, -0.2) is 16.2 Å². The van der Waals surface area contributed by atoms with Crippen molar-refractivity contribution in [2.75, 3.05) is 0 Å². The third-order valence-electron chi connectivity index (χ3n) is 6.25. The molecule has 4 bridgehead atoms. The highest BCUT2D eigenvalue weighted by Gasteiger charge is 2.53. The molecule has 1 atom stereocenters. The zero-order valence-corrected chi connectivity index (χ0v) is 11.9. The predicted octanol–water partition coefficient (Wildman–Crippen LogP) is 2.80. The van der Waals surface area contributed by atoms with Crippen LogP contribution in [0, 0.1) is 30.1 Å². The van der Waals surface area contributed by atoms with E-state index in [1.54, 1.807) is 0 Å². The number of aromatic nitrogens is 2. The van der Waals surface area contributed by atoms with Gasteiger partial charge in [0.2, 0.25) is 0 Å². The second-order valence-electron chi connectivity index (χ2n) is 7.61. The molecule has 0 aliphatic heterocycles. The molecule has 4 fully saturated rings. The average Bonchev–Trinajstić information content (AvgIpc) is 2.73. The number of nitrogens with zero attached hydrogens (tertiary/aromatic N) is 1. The van der Waals surface area contributed by atoms with Crippen molar-refractivity contribution in [3.8, 4) is 0 Å². The zero-order chi connectivity index (χ0) is 13.0. The van der Waals surface area contributed by atoms with Crippen molar-refractivity contribution in [1.29, 1.82) is 0 Å². The molecule has 1 aromatic rings. The van der Waals surface area contributed by atoms with Gasteiger partial charge in [-0.3, -0.25) is 5.10 Å². The standard InChI is InChI=1S/C16H25N3/c1-10-14(9-18-19-10)5-15(17)16-6-11-2-12(7-16)4-13(3-11)8-16/h9,11-13,15H,2-8,17H2,1H3,(H,18,19). The molecule has 0 spiro atoms. The summed E-state index contributed by atoms with van der Waals surface area (Å²) in [6, 6.07) is 0.331. The molecule has 1 heterocycles. The number of rotatable bonds is 3. The molecule has 3 nitrogen and oxygen atoms in total. The molecule has 1 aromatic heterocycles. The molecule has 5 rings (SSSR count). The molecule has 0 radical (unpaired) electrons. The van der Waals surface area contributed by atoms with E-state index in [-0.39, 0.29) is 0 Å². The number of aromatic amines is 1. The van der Waals surface area contributed by atoms with E-state index in [0.29, 0.717) is 11.5 Å². The smallest absolute Gasteiger partial charge is 0.0522 e. The maximum atomic E-state index is 6.69. The first-order chi connectivity index (χ1) is 9.14. The summed E-state index contributed by atoms with van der Waals surface area (Å²) in [5.41, 5.74) is 9.67. The van der Waals surface area contributed by atoms with Crippen molar-refractivity contribution >= 4 is 0 Å². The second kappa shape index (κ2) is 4.08. The molecule has 3 heteroatoms. The van der Waals surface area contributed by atoms with E-state index in [1.165, 1.54) is 49.8 Å². The topological polar surface area (TPSA) is 54.7 Å². The van der Waals surface area contributed by atoms with E-state index < -0.39 is 0 Å². The van der Waals surface area contributed by atoms with E-state index in [4.69, 9.17) is 5.73 Å². The van der Waals surface area contributed by atoms with Crippen LogP contribution in [0.15, 0.2) is 6.20 Å². The number of H-pyrrole nitrogens is 1. The minimum Gasteiger partial charge on any atom is -0.327 e. The molecule has 19 heavy (non-hydrogen) atoms. The summed E-state index contributed by atoms with van der Waals surface area (Å²) < 4.78 is 0. The first-order valence-electron chi connectivity index (χ1n) is 7.89. The first kappa shape index (κ1) is 12.0. The molecule has 0 aromatic carbocycles. The van der Waals surface area contributed by atoms with E-state index in [9.17, 15) is 0 Å². The fourth-order valence-electron chi connectivity index (χ4n) is 5.67. The van der Waals surface area contributed by atoms with E-state index >= 15 is 0 Å². The Kier molecular flexibility index (Phi) is 2.57. The van der Waals surface area contributed by atoms with Crippen LogP contribution in [-0.2, 0) is 6.42 Å². The van der Waals surface area contributed by atoms with Crippen LogP contribution in [0.2, 0.25) is 0 Å². The quantitative estimate of drug-likeness (QED) is 0.877. The maximum absolute atomic E-state index is 6.69. The number of hydrogen-bond donors (Lipinski definition) is 2. The summed E-state index contributed by atoms with van der Waals surface area (Å²) in [5, 5.41) is 7.18. The Morgan fingerprint density at radius 1 is 1.26 bits per heavy atom.